The number of ether oxygens (including phenoxy) is 1. The van der Waals surface area contributed by atoms with Crippen molar-refractivity contribution in [3.63, 3.8) is 0 Å². The molecule has 8 heteroatoms. The molecule has 0 fully saturated rings. The second-order valence-corrected chi connectivity index (χ2v) is 8.45. The van der Waals surface area contributed by atoms with Crippen LogP contribution in [0.4, 0.5) is 5.69 Å². The Balaban J connectivity index is 2.11. The number of sulfonamides is 1. The second kappa shape index (κ2) is 9.67. The fourth-order valence-corrected chi connectivity index (χ4v) is 4.47. The lowest BCUT2D eigenvalue weighted by Gasteiger charge is -2.21. The Morgan fingerprint density at radius 3 is 2.28 bits per heavy atom. The van der Waals surface area contributed by atoms with E-state index in [0.717, 1.165) is 9.87 Å². The maximum Gasteiger partial charge on any atom is 0.338 e. The van der Waals surface area contributed by atoms with Gasteiger partial charge in [-0.05, 0) is 62.2 Å². The number of nitrogens with one attached hydrogen (secondary N) is 1. The molecule has 0 bridgehead atoms. The summed E-state index contributed by atoms with van der Waals surface area (Å²) in [6.45, 7) is 7.07. The van der Waals surface area contributed by atoms with Gasteiger partial charge in [-0.25, -0.2) is 13.2 Å². The first-order chi connectivity index (χ1) is 13.7. The number of carbonyl (C=O) groups is 2. The standard InChI is InChI=1S/C21H26N2O5S/c1-5-23(29(26,27)19-13-15(3)7-8-16(19)4)14-20(24)22-18-11-9-17(10-12-18)21(25)28-6-2/h7-13H,5-6,14H2,1-4H3,(H,22,24). The molecule has 0 aliphatic carbocycles. The first kappa shape index (κ1) is 22.6. The number of anilines is 1. The molecule has 0 aliphatic rings. The third kappa shape index (κ3) is 5.65. The van der Waals surface area contributed by atoms with Gasteiger partial charge in [0.15, 0.2) is 0 Å². The van der Waals surface area contributed by atoms with Gasteiger partial charge < -0.3 is 10.1 Å². The van der Waals surface area contributed by atoms with Crippen molar-refractivity contribution in [1.29, 1.82) is 0 Å². The Hall–Kier alpha value is -2.71. The Kier molecular flexibility index (Phi) is 7.53. The van der Waals surface area contributed by atoms with Crippen LogP contribution in [0.15, 0.2) is 47.4 Å². The number of hydrogen-bond donors (Lipinski definition) is 1. The highest BCUT2D eigenvalue weighted by atomic mass is 32.2. The molecule has 1 N–H and O–H groups in total. The average Bonchev–Trinajstić information content (AvgIpc) is 2.68. The number of rotatable bonds is 8. The zero-order valence-electron chi connectivity index (χ0n) is 17.1. The Morgan fingerprint density at radius 2 is 1.69 bits per heavy atom. The minimum absolute atomic E-state index is 0.158. The van der Waals surface area contributed by atoms with Crippen LogP contribution in [-0.4, -0.2) is 44.3 Å². The summed E-state index contributed by atoms with van der Waals surface area (Å²) >= 11 is 0. The molecular formula is C21H26N2O5S. The predicted octanol–water partition coefficient (Wildman–Crippen LogP) is 3.13. The SMILES string of the molecule is CCOC(=O)c1ccc(NC(=O)CN(CC)S(=O)(=O)c2cc(C)ccc2C)cc1. The Bertz CT molecular complexity index is 985. The number of carbonyl (C=O) groups excluding carboxylic acids is 2. The van der Waals surface area contributed by atoms with Crippen LogP contribution in [0.25, 0.3) is 0 Å². The number of benzene rings is 2. The molecule has 2 aromatic carbocycles. The van der Waals surface area contributed by atoms with Crippen LogP contribution in [0.2, 0.25) is 0 Å². The summed E-state index contributed by atoms with van der Waals surface area (Å²) in [4.78, 5) is 24.3. The second-order valence-electron chi connectivity index (χ2n) is 6.55. The topological polar surface area (TPSA) is 92.8 Å². The van der Waals surface area contributed by atoms with Gasteiger partial charge in [-0.2, -0.15) is 4.31 Å². The molecule has 0 heterocycles. The van der Waals surface area contributed by atoms with Crippen LogP contribution in [-0.2, 0) is 19.6 Å². The van der Waals surface area contributed by atoms with Crippen molar-refractivity contribution in [3.05, 3.63) is 59.2 Å². The van der Waals surface area contributed by atoms with E-state index in [2.05, 4.69) is 5.32 Å². The number of likely N-dealkylation sites (N-methyl/N-ethyl adjacent to an activating group) is 1. The van der Waals surface area contributed by atoms with Gasteiger partial charge in [-0.15, -0.1) is 0 Å². The molecule has 2 rings (SSSR count). The predicted molar refractivity (Wildman–Crippen MR) is 111 cm³/mol. The first-order valence-corrected chi connectivity index (χ1v) is 10.8. The normalized spacial score (nSPS) is 11.3. The van der Waals surface area contributed by atoms with Gasteiger partial charge in [0.1, 0.15) is 0 Å². The van der Waals surface area contributed by atoms with E-state index in [1.54, 1.807) is 45.0 Å². The lowest BCUT2D eigenvalue weighted by Crippen LogP contribution is -2.38. The molecule has 29 heavy (non-hydrogen) atoms. The molecule has 0 radical (unpaired) electrons. The molecule has 2 aromatic rings. The van der Waals surface area contributed by atoms with Crippen molar-refractivity contribution >= 4 is 27.6 Å². The molecule has 156 valence electrons. The van der Waals surface area contributed by atoms with Crippen LogP contribution in [0.5, 0.6) is 0 Å². The highest BCUT2D eigenvalue weighted by molar-refractivity contribution is 7.89. The number of esters is 1. The van der Waals surface area contributed by atoms with Gasteiger partial charge in [0.05, 0.1) is 23.6 Å². The number of nitrogens with zero attached hydrogens (tertiary/aromatic N) is 1. The maximum atomic E-state index is 13.0. The fraction of sp³-hybridized carbons (Fsp3) is 0.333. The molecule has 0 unspecified atom stereocenters. The van der Waals surface area contributed by atoms with E-state index in [0.29, 0.717) is 16.8 Å². The zero-order valence-corrected chi connectivity index (χ0v) is 17.9. The van der Waals surface area contributed by atoms with Crippen LogP contribution in [0.1, 0.15) is 35.3 Å². The maximum absolute atomic E-state index is 13.0. The smallest absolute Gasteiger partial charge is 0.338 e. The van der Waals surface area contributed by atoms with Crippen molar-refractivity contribution in [3.8, 4) is 0 Å². The number of aryl methyl sites for hydroxylation is 2. The summed E-state index contributed by atoms with van der Waals surface area (Å²) in [5.74, 6) is -0.910. The minimum atomic E-state index is -3.80. The van der Waals surface area contributed by atoms with Crippen molar-refractivity contribution in [1.82, 2.24) is 4.31 Å². The monoisotopic (exact) mass is 418 g/mol. The van der Waals surface area contributed by atoms with Gasteiger partial charge in [-0.3, -0.25) is 4.79 Å². The van der Waals surface area contributed by atoms with Gasteiger partial charge in [0.25, 0.3) is 0 Å². The quantitative estimate of drug-likeness (QED) is 0.665. The van der Waals surface area contributed by atoms with Crippen LogP contribution < -0.4 is 5.32 Å². The Labute approximate surface area is 171 Å². The van der Waals surface area contributed by atoms with E-state index in [1.165, 1.54) is 12.1 Å². The third-order valence-electron chi connectivity index (χ3n) is 4.31. The van der Waals surface area contributed by atoms with Crippen LogP contribution in [0, 0.1) is 13.8 Å². The summed E-state index contributed by atoms with van der Waals surface area (Å²) in [6.07, 6.45) is 0. The summed E-state index contributed by atoms with van der Waals surface area (Å²) < 4.78 is 32.1. The van der Waals surface area contributed by atoms with Gasteiger partial charge in [0.2, 0.25) is 15.9 Å². The number of amides is 1. The van der Waals surface area contributed by atoms with Crippen molar-refractivity contribution in [2.75, 3.05) is 25.0 Å². The Morgan fingerprint density at radius 1 is 1.03 bits per heavy atom. The fourth-order valence-electron chi connectivity index (χ4n) is 2.76. The summed E-state index contributed by atoms with van der Waals surface area (Å²) in [5, 5.41) is 2.66. The average molecular weight is 419 g/mol. The molecule has 0 aliphatic heterocycles. The highest BCUT2D eigenvalue weighted by Gasteiger charge is 2.27. The largest absolute Gasteiger partial charge is 0.462 e. The lowest BCUT2D eigenvalue weighted by atomic mass is 10.2. The first-order valence-electron chi connectivity index (χ1n) is 9.33. The van der Waals surface area contributed by atoms with Gasteiger partial charge in [-0.1, -0.05) is 19.1 Å². The molecule has 0 saturated heterocycles. The van der Waals surface area contributed by atoms with Gasteiger partial charge in [0, 0.05) is 12.2 Å². The van der Waals surface area contributed by atoms with Crippen molar-refractivity contribution in [2.45, 2.75) is 32.6 Å². The molecule has 0 saturated carbocycles. The van der Waals surface area contributed by atoms with E-state index in [-0.39, 0.29) is 24.6 Å². The van der Waals surface area contributed by atoms with Crippen molar-refractivity contribution < 1.29 is 22.7 Å². The van der Waals surface area contributed by atoms with E-state index < -0.39 is 21.9 Å². The van der Waals surface area contributed by atoms with E-state index in [9.17, 15) is 18.0 Å². The summed E-state index contributed by atoms with van der Waals surface area (Å²) in [5.41, 5.74) is 2.29. The van der Waals surface area contributed by atoms with E-state index >= 15 is 0 Å². The summed E-state index contributed by atoms with van der Waals surface area (Å²) in [6, 6.07) is 11.4. The third-order valence-corrected chi connectivity index (χ3v) is 6.38. The van der Waals surface area contributed by atoms with Crippen LogP contribution in [0.3, 0.4) is 0 Å². The lowest BCUT2D eigenvalue weighted by molar-refractivity contribution is -0.116. The molecule has 1 amide bonds. The van der Waals surface area contributed by atoms with Crippen molar-refractivity contribution in [2.24, 2.45) is 0 Å². The zero-order chi connectivity index (χ0) is 21.6. The van der Waals surface area contributed by atoms with E-state index in [1.807, 2.05) is 13.0 Å². The molecule has 0 atom stereocenters. The summed E-state index contributed by atoms with van der Waals surface area (Å²) in [7, 11) is -3.80. The molecule has 7 nitrogen and oxygen atoms in total. The molecule has 0 aromatic heterocycles. The minimum Gasteiger partial charge on any atom is -0.462 e. The highest BCUT2D eigenvalue weighted by Crippen LogP contribution is 2.21. The number of hydrogen-bond acceptors (Lipinski definition) is 5. The molecule has 0 spiro atoms. The van der Waals surface area contributed by atoms with Crippen LogP contribution >= 0.6 is 0 Å². The van der Waals surface area contributed by atoms with Gasteiger partial charge >= 0.3 is 5.97 Å². The molecular weight excluding hydrogens is 392 g/mol. The van der Waals surface area contributed by atoms with E-state index in [4.69, 9.17) is 4.74 Å².